The van der Waals surface area contributed by atoms with E-state index in [9.17, 15) is 9.59 Å². The first kappa shape index (κ1) is 18.2. The van der Waals surface area contributed by atoms with E-state index in [4.69, 9.17) is 0 Å². The first-order valence-electron chi connectivity index (χ1n) is 7.98. The van der Waals surface area contributed by atoms with Crippen LogP contribution < -0.4 is 4.90 Å². The molecule has 0 aliphatic rings. The van der Waals surface area contributed by atoms with Gasteiger partial charge >= 0.3 is 0 Å². The van der Waals surface area contributed by atoms with Gasteiger partial charge in [0.1, 0.15) is 6.54 Å². The maximum absolute atomic E-state index is 12.2. The van der Waals surface area contributed by atoms with Crippen LogP contribution in [0.3, 0.4) is 0 Å². The summed E-state index contributed by atoms with van der Waals surface area (Å²) in [6, 6.07) is 7.86. The molecular formula is C18H28N2O2. The standard InChI is InChI=1S/C18H28N2O2/c1-6-7-12-19(5)18(22)13-20(15(4)21)17-10-8-16(9-11-17)14(2)3/h8-11,14H,6-7,12-13H2,1-5H3. The predicted molar refractivity (Wildman–Crippen MR) is 91.1 cm³/mol. The van der Waals surface area contributed by atoms with Gasteiger partial charge in [-0.15, -0.1) is 0 Å². The van der Waals surface area contributed by atoms with Gasteiger partial charge < -0.3 is 9.80 Å². The zero-order chi connectivity index (χ0) is 16.7. The number of unbranched alkanes of at least 4 members (excludes halogenated alkanes) is 1. The van der Waals surface area contributed by atoms with Crippen molar-refractivity contribution in [3.63, 3.8) is 0 Å². The number of carbonyl (C=O) groups is 2. The number of nitrogens with zero attached hydrogens (tertiary/aromatic N) is 2. The van der Waals surface area contributed by atoms with Gasteiger partial charge in [0.25, 0.3) is 0 Å². The highest BCUT2D eigenvalue weighted by Gasteiger charge is 2.18. The Morgan fingerprint density at radius 1 is 1.14 bits per heavy atom. The molecular weight excluding hydrogens is 276 g/mol. The zero-order valence-electron chi connectivity index (χ0n) is 14.4. The molecule has 0 heterocycles. The minimum absolute atomic E-state index is 0.0309. The summed E-state index contributed by atoms with van der Waals surface area (Å²) in [6.07, 6.45) is 2.02. The molecule has 0 atom stereocenters. The molecule has 4 nitrogen and oxygen atoms in total. The number of benzene rings is 1. The molecule has 2 amide bonds. The molecule has 4 heteroatoms. The molecule has 0 aliphatic carbocycles. The Balaban J connectivity index is 2.81. The topological polar surface area (TPSA) is 40.6 Å². The van der Waals surface area contributed by atoms with Crippen molar-refractivity contribution in [3.8, 4) is 0 Å². The fourth-order valence-corrected chi connectivity index (χ4v) is 2.20. The lowest BCUT2D eigenvalue weighted by atomic mass is 10.0. The van der Waals surface area contributed by atoms with Crippen molar-refractivity contribution in [3.05, 3.63) is 29.8 Å². The van der Waals surface area contributed by atoms with E-state index < -0.39 is 0 Å². The lowest BCUT2D eigenvalue weighted by Gasteiger charge is -2.24. The van der Waals surface area contributed by atoms with Crippen LogP contribution in [0.1, 0.15) is 52.0 Å². The molecule has 1 rings (SSSR count). The normalized spacial score (nSPS) is 10.6. The summed E-state index contributed by atoms with van der Waals surface area (Å²) in [4.78, 5) is 27.4. The van der Waals surface area contributed by atoms with Gasteiger partial charge in [0.15, 0.2) is 0 Å². The van der Waals surface area contributed by atoms with Gasteiger partial charge in [-0.05, 0) is 30.0 Å². The molecule has 1 aromatic carbocycles. The highest BCUT2D eigenvalue weighted by Crippen LogP contribution is 2.20. The van der Waals surface area contributed by atoms with Crippen molar-refractivity contribution in [1.82, 2.24) is 4.90 Å². The van der Waals surface area contributed by atoms with E-state index in [1.54, 1.807) is 11.9 Å². The van der Waals surface area contributed by atoms with Gasteiger partial charge in [0, 0.05) is 26.2 Å². The maximum atomic E-state index is 12.2. The molecule has 1 aromatic rings. The number of likely N-dealkylation sites (N-methyl/N-ethyl adjacent to an activating group) is 1. The van der Waals surface area contributed by atoms with Crippen molar-refractivity contribution < 1.29 is 9.59 Å². The summed E-state index contributed by atoms with van der Waals surface area (Å²) in [5, 5.41) is 0. The minimum Gasteiger partial charge on any atom is -0.344 e. The molecule has 22 heavy (non-hydrogen) atoms. The molecule has 0 aliphatic heterocycles. The summed E-state index contributed by atoms with van der Waals surface area (Å²) < 4.78 is 0. The van der Waals surface area contributed by atoms with E-state index in [1.807, 2.05) is 24.3 Å². The van der Waals surface area contributed by atoms with Crippen LogP contribution in [0.4, 0.5) is 5.69 Å². The second-order valence-corrected chi connectivity index (χ2v) is 6.02. The molecule has 0 N–H and O–H groups in total. The van der Waals surface area contributed by atoms with Gasteiger partial charge in [-0.3, -0.25) is 9.59 Å². The number of rotatable bonds is 7. The summed E-state index contributed by atoms with van der Waals surface area (Å²) in [7, 11) is 1.79. The van der Waals surface area contributed by atoms with Crippen LogP contribution in [0, 0.1) is 0 Å². The zero-order valence-corrected chi connectivity index (χ0v) is 14.4. The van der Waals surface area contributed by atoms with E-state index >= 15 is 0 Å². The van der Waals surface area contributed by atoms with Crippen molar-refractivity contribution in [2.45, 2.75) is 46.5 Å². The molecule has 0 saturated heterocycles. The van der Waals surface area contributed by atoms with E-state index in [1.165, 1.54) is 17.4 Å². The van der Waals surface area contributed by atoms with Crippen LogP contribution in [0.25, 0.3) is 0 Å². The number of anilines is 1. The van der Waals surface area contributed by atoms with Crippen molar-refractivity contribution in [2.75, 3.05) is 25.0 Å². The summed E-state index contributed by atoms with van der Waals surface area (Å²) >= 11 is 0. The smallest absolute Gasteiger partial charge is 0.242 e. The Morgan fingerprint density at radius 3 is 2.18 bits per heavy atom. The Bertz CT molecular complexity index is 494. The number of carbonyl (C=O) groups excluding carboxylic acids is 2. The monoisotopic (exact) mass is 304 g/mol. The Morgan fingerprint density at radius 2 is 1.73 bits per heavy atom. The van der Waals surface area contributed by atoms with Crippen LogP contribution in [0.2, 0.25) is 0 Å². The number of amides is 2. The van der Waals surface area contributed by atoms with Gasteiger partial charge in [0.2, 0.25) is 11.8 Å². The first-order valence-corrected chi connectivity index (χ1v) is 7.98. The molecule has 122 valence electrons. The fourth-order valence-electron chi connectivity index (χ4n) is 2.20. The van der Waals surface area contributed by atoms with E-state index in [0.29, 0.717) is 5.92 Å². The molecule has 0 unspecified atom stereocenters. The Kier molecular flexibility index (Phi) is 7.09. The summed E-state index contributed by atoms with van der Waals surface area (Å²) in [5.41, 5.74) is 1.99. The molecule has 0 bridgehead atoms. The fraction of sp³-hybridized carbons (Fsp3) is 0.556. The number of hydrogen-bond donors (Lipinski definition) is 0. The van der Waals surface area contributed by atoms with Gasteiger partial charge in [-0.1, -0.05) is 39.3 Å². The SMILES string of the molecule is CCCCN(C)C(=O)CN(C(C)=O)c1ccc(C(C)C)cc1. The van der Waals surface area contributed by atoms with Gasteiger partial charge in [0.05, 0.1) is 0 Å². The van der Waals surface area contributed by atoms with E-state index in [2.05, 4.69) is 20.8 Å². The predicted octanol–water partition coefficient (Wildman–Crippen LogP) is 3.42. The van der Waals surface area contributed by atoms with Crippen molar-refractivity contribution >= 4 is 17.5 Å². The van der Waals surface area contributed by atoms with Crippen LogP contribution in [-0.2, 0) is 9.59 Å². The van der Waals surface area contributed by atoms with Gasteiger partial charge in [-0.2, -0.15) is 0 Å². The second-order valence-electron chi connectivity index (χ2n) is 6.02. The third-order valence-corrected chi connectivity index (χ3v) is 3.82. The van der Waals surface area contributed by atoms with Crippen LogP contribution in [0.5, 0.6) is 0 Å². The molecule has 0 aromatic heterocycles. The quantitative estimate of drug-likeness (QED) is 0.774. The molecule has 0 radical (unpaired) electrons. The van der Waals surface area contributed by atoms with E-state index in [0.717, 1.165) is 25.1 Å². The molecule has 0 fully saturated rings. The van der Waals surface area contributed by atoms with E-state index in [-0.39, 0.29) is 18.4 Å². The first-order chi connectivity index (χ1) is 10.4. The summed E-state index contributed by atoms with van der Waals surface area (Å²) in [5.74, 6) is 0.299. The largest absolute Gasteiger partial charge is 0.344 e. The third kappa shape index (κ3) is 5.17. The maximum Gasteiger partial charge on any atom is 0.242 e. The van der Waals surface area contributed by atoms with Crippen molar-refractivity contribution in [1.29, 1.82) is 0 Å². The van der Waals surface area contributed by atoms with Gasteiger partial charge in [-0.25, -0.2) is 0 Å². The average molecular weight is 304 g/mol. The highest BCUT2D eigenvalue weighted by atomic mass is 16.2. The molecule has 0 spiro atoms. The lowest BCUT2D eigenvalue weighted by molar-refractivity contribution is -0.130. The van der Waals surface area contributed by atoms with Crippen LogP contribution >= 0.6 is 0 Å². The Hall–Kier alpha value is -1.84. The van der Waals surface area contributed by atoms with Crippen LogP contribution in [-0.4, -0.2) is 36.9 Å². The third-order valence-electron chi connectivity index (χ3n) is 3.82. The van der Waals surface area contributed by atoms with Crippen molar-refractivity contribution in [2.24, 2.45) is 0 Å². The highest BCUT2D eigenvalue weighted by molar-refractivity contribution is 5.97. The Labute approximate surface area is 134 Å². The minimum atomic E-state index is -0.116. The lowest BCUT2D eigenvalue weighted by Crippen LogP contribution is -2.41. The number of hydrogen-bond acceptors (Lipinski definition) is 2. The summed E-state index contributed by atoms with van der Waals surface area (Å²) in [6.45, 7) is 8.67. The average Bonchev–Trinajstić information content (AvgIpc) is 2.49. The van der Waals surface area contributed by atoms with Crippen LogP contribution in [0.15, 0.2) is 24.3 Å². The second kappa shape index (κ2) is 8.57. The molecule has 0 saturated carbocycles.